The van der Waals surface area contributed by atoms with Crippen LogP contribution < -0.4 is 0 Å². The average Bonchev–Trinajstić information content (AvgIpc) is 2.78. The SMILES string of the molecule is CCCC(=O)C(C(C)=O)[Si](CCC)(OC)OC.CCCC(=O)C(C(C)=O)[Si](CCC)(OC)OC.[Pt+2]. The minimum Gasteiger partial charge on any atom is -0.397 e. The van der Waals surface area contributed by atoms with E-state index in [0.29, 0.717) is 24.9 Å². The molecule has 11 heteroatoms. The van der Waals surface area contributed by atoms with Gasteiger partial charge in [0.1, 0.15) is 34.2 Å². The predicted molar refractivity (Wildman–Crippen MR) is 138 cm³/mol. The molecule has 0 spiro atoms. The number of hydrogen-bond donors (Lipinski definition) is 0. The molecule has 8 nitrogen and oxygen atoms in total. The van der Waals surface area contributed by atoms with E-state index in [9.17, 15) is 19.2 Å². The monoisotopic (exact) mass is 715 g/mol. The molecule has 0 amide bonds. The fraction of sp³-hybridized carbons (Fsp3) is 0.833. The molecule has 2 unspecified atom stereocenters. The minimum atomic E-state index is -2.74. The van der Waals surface area contributed by atoms with Crippen molar-refractivity contribution < 1.29 is 57.9 Å². The first kappa shape index (κ1) is 39.2. The maximum Gasteiger partial charge on any atom is 2.00 e. The molecule has 0 saturated heterocycles. The summed E-state index contributed by atoms with van der Waals surface area (Å²) in [5.74, 6) is -0.341. The van der Waals surface area contributed by atoms with Gasteiger partial charge in [0.05, 0.1) is 0 Å². The second-order valence-electron chi connectivity index (χ2n) is 8.46. The van der Waals surface area contributed by atoms with Gasteiger partial charge in [0.15, 0.2) is 0 Å². The zero-order chi connectivity index (χ0) is 26.9. The summed E-state index contributed by atoms with van der Waals surface area (Å²) in [7, 11) is 0.698. The molecule has 0 aliphatic heterocycles. The third kappa shape index (κ3) is 11.7. The van der Waals surface area contributed by atoms with E-state index >= 15 is 0 Å². The fourth-order valence-electron chi connectivity index (χ4n) is 4.38. The smallest absolute Gasteiger partial charge is 0.397 e. The molecule has 0 aromatic rings. The van der Waals surface area contributed by atoms with Crippen LogP contribution in [0, 0.1) is 0 Å². The predicted octanol–water partition coefficient (Wildman–Crippen LogP) is 4.92. The topological polar surface area (TPSA) is 105 Å². The van der Waals surface area contributed by atoms with Crippen molar-refractivity contribution in [1.29, 1.82) is 0 Å². The third-order valence-electron chi connectivity index (χ3n) is 5.91. The Labute approximate surface area is 229 Å². The van der Waals surface area contributed by atoms with E-state index in [4.69, 9.17) is 17.7 Å². The van der Waals surface area contributed by atoms with Crippen LogP contribution in [0.3, 0.4) is 0 Å². The van der Waals surface area contributed by atoms with Gasteiger partial charge in [-0.15, -0.1) is 0 Å². The summed E-state index contributed by atoms with van der Waals surface area (Å²) in [6.45, 7) is 10.8. The molecule has 0 aliphatic rings. The fourth-order valence-corrected chi connectivity index (χ4v) is 10.9. The van der Waals surface area contributed by atoms with Crippen molar-refractivity contribution in [2.24, 2.45) is 0 Å². The summed E-state index contributed by atoms with van der Waals surface area (Å²) >= 11 is 0. The number of carbonyl (C=O) groups is 4. The van der Waals surface area contributed by atoms with Gasteiger partial charge in [-0.25, -0.2) is 0 Å². The minimum absolute atomic E-state index is 0. The van der Waals surface area contributed by atoms with Crippen LogP contribution >= 0.6 is 0 Å². The Morgan fingerprint density at radius 3 is 0.971 bits per heavy atom. The van der Waals surface area contributed by atoms with Gasteiger partial charge < -0.3 is 17.7 Å². The van der Waals surface area contributed by atoms with Crippen molar-refractivity contribution in [2.75, 3.05) is 28.4 Å². The molecule has 0 aliphatic carbocycles. The van der Waals surface area contributed by atoms with Gasteiger partial charge >= 0.3 is 38.2 Å². The van der Waals surface area contributed by atoms with E-state index in [0.717, 1.165) is 25.7 Å². The van der Waals surface area contributed by atoms with Gasteiger partial charge in [-0.3, -0.25) is 19.2 Å². The van der Waals surface area contributed by atoms with Crippen molar-refractivity contribution in [2.45, 2.75) is 103 Å². The zero-order valence-electron chi connectivity index (χ0n) is 23.4. The van der Waals surface area contributed by atoms with E-state index in [2.05, 4.69) is 0 Å². The largest absolute Gasteiger partial charge is 2.00 e. The summed E-state index contributed by atoms with van der Waals surface area (Å²) in [4.78, 5) is 47.7. The van der Waals surface area contributed by atoms with Gasteiger partial charge in [-0.2, -0.15) is 0 Å². The van der Waals surface area contributed by atoms with Gasteiger partial charge in [-0.05, 0) is 38.8 Å². The second-order valence-corrected chi connectivity index (χ2v) is 15.5. The van der Waals surface area contributed by atoms with E-state index in [-0.39, 0.29) is 44.2 Å². The quantitative estimate of drug-likeness (QED) is 0.146. The first-order valence-electron chi connectivity index (χ1n) is 12.2. The van der Waals surface area contributed by atoms with Crippen LogP contribution in [0.2, 0.25) is 23.2 Å². The van der Waals surface area contributed by atoms with Crippen molar-refractivity contribution in [3.8, 4) is 0 Å². The number of Topliss-reactive ketones (excluding diaryl/α,β-unsaturated/α-hetero) is 4. The summed E-state index contributed by atoms with van der Waals surface area (Å²) in [6, 6.07) is 1.33. The standard InChI is InChI=1S/2C12H24O4Si.Pt/c2*1-6-8-11(14)12(10(3)13)17(15-4,16-5)9-7-2;/h2*12H,6-9H2,1-5H3;/q;;+2. The number of rotatable bonds is 18. The van der Waals surface area contributed by atoms with Crippen molar-refractivity contribution in [1.82, 2.24) is 0 Å². The molecule has 0 bridgehead atoms. The molecule has 0 saturated carbocycles. The van der Waals surface area contributed by atoms with Gasteiger partial charge in [-0.1, -0.05) is 40.5 Å². The number of ketones is 4. The van der Waals surface area contributed by atoms with Crippen LogP contribution in [-0.2, 0) is 57.9 Å². The molecule has 0 N–H and O–H groups in total. The van der Waals surface area contributed by atoms with E-state index < -0.39 is 28.2 Å². The Hall–Kier alpha value is -0.358. The molecule has 0 radical (unpaired) electrons. The summed E-state index contributed by atoms with van der Waals surface area (Å²) in [6.07, 6.45) is 4.00. The molecular formula is C24H48O8PtSi2+2. The van der Waals surface area contributed by atoms with Gasteiger partial charge in [0, 0.05) is 41.3 Å². The van der Waals surface area contributed by atoms with Crippen LogP contribution in [0.4, 0.5) is 0 Å². The van der Waals surface area contributed by atoms with Gasteiger partial charge in [0.2, 0.25) is 0 Å². The number of hydrogen-bond acceptors (Lipinski definition) is 8. The Kier molecular flexibility index (Phi) is 23.1. The van der Waals surface area contributed by atoms with E-state index in [1.54, 1.807) is 28.4 Å². The van der Waals surface area contributed by atoms with Crippen molar-refractivity contribution in [3.05, 3.63) is 0 Å². The van der Waals surface area contributed by atoms with Crippen molar-refractivity contribution >= 4 is 40.3 Å². The molecule has 0 aromatic carbocycles. The summed E-state index contributed by atoms with van der Waals surface area (Å²) < 4.78 is 22.0. The Balaban J connectivity index is -0.000000569. The van der Waals surface area contributed by atoms with Crippen LogP contribution in [0.1, 0.15) is 80.1 Å². The summed E-state index contributed by atoms with van der Waals surface area (Å²) in [5.41, 5.74) is -1.37. The molecule has 0 aromatic heterocycles. The second kappa shape index (κ2) is 20.7. The summed E-state index contributed by atoms with van der Waals surface area (Å²) in [5, 5.41) is 0. The molecule has 2 atom stereocenters. The Morgan fingerprint density at radius 1 is 0.571 bits per heavy atom. The Bertz CT molecular complexity index is 583. The van der Waals surface area contributed by atoms with Crippen LogP contribution in [-0.4, -0.2) is 68.7 Å². The zero-order valence-corrected chi connectivity index (χ0v) is 27.7. The Morgan fingerprint density at radius 2 is 0.829 bits per heavy atom. The molecule has 0 heterocycles. The van der Waals surface area contributed by atoms with E-state index in [1.807, 2.05) is 27.7 Å². The molecule has 0 rings (SSSR count). The van der Waals surface area contributed by atoms with Gasteiger partial charge in [0.25, 0.3) is 0 Å². The maximum absolute atomic E-state index is 12.1. The normalized spacial score (nSPS) is 13.1. The third-order valence-corrected chi connectivity index (χ3v) is 14.3. The van der Waals surface area contributed by atoms with Crippen molar-refractivity contribution in [3.63, 3.8) is 0 Å². The van der Waals surface area contributed by atoms with Crippen LogP contribution in [0.5, 0.6) is 0 Å². The van der Waals surface area contributed by atoms with E-state index in [1.165, 1.54) is 13.8 Å². The molecule has 35 heavy (non-hydrogen) atoms. The number of carbonyl (C=O) groups excluding carboxylic acids is 4. The average molecular weight is 716 g/mol. The molecular weight excluding hydrogens is 668 g/mol. The first-order valence-corrected chi connectivity index (χ1v) is 16.4. The molecule has 208 valence electrons. The first-order chi connectivity index (χ1) is 16.0. The maximum atomic E-state index is 12.1. The van der Waals surface area contributed by atoms with Crippen LogP contribution in [0.25, 0.3) is 0 Å². The van der Waals surface area contributed by atoms with Crippen LogP contribution in [0.15, 0.2) is 0 Å². The molecule has 0 fully saturated rings.